The summed E-state index contributed by atoms with van der Waals surface area (Å²) in [5.74, 6) is 0.568. The highest BCUT2D eigenvalue weighted by Crippen LogP contribution is 2.23. The van der Waals surface area contributed by atoms with Gasteiger partial charge in [0.1, 0.15) is 0 Å². The van der Waals surface area contributed by atoms with Gasteiger partial charge in [-0.25, -0.2) is 0 Å². The minimum Gasteiger partial charge on any atom is -0.394 e. The van der Waals surface area contributed by atoms with Crippen LogP contribution in [0, 0.1) is 5.92 Å². The Hall–Kier alpha value is -0.380. The number of benzene rings is 1. The molecule has 3 heteroatoms. The third kappa shape index (κ3) is 3.58. The van der Waals surface area contributed by atoms with E-state index in [2.05, 4.69) is 35.1 Å². The van der Waals surface area contributed by atoms with Gasteiger partial charge >= 0.3 is 0 Å². The van der Waals surface area contributed by atoms with Crippen LogP contribution in [0.4, 0.5) is 0 Å². The largest absolute Gasteiger partial charge is 0.394 e. The van der Waals surface area contributed by atoms with Gasteiger partial charge in [0.25, 0.3) is 0 Å². The second-order valence-electron chi connectivity index (χ2n) is 4.78. The van der Waals surface area contributed by atoms with Gasteiger partial charge < -0.3 is 10.4 Å². The predicted octanol–water partition coefficient (Wildman–Crippen LogP) is 2.90. The maximum absolute atomic E-state index is 9.56. The summed E-state index contributed by atoms with van der Waals surface area (Å²) in [4.78, 5) is 0. The molecule has 2 nitrogen and oxygen atoms in total. The second kappa shape index (κ2) is 5.80. The molecular weight excluding hydrogens is 266 g/mol. The van der Waals surface area contributed by atoms with Crippen molar-refractivity contribution >= 4 is 15.9 Å². The topological polar surface area (TPSA) is 32.3 Å². The Kier molecular flexibility index (Phi) is 4.96. The van der Waals surface area contributed by atoms with Crippen molar-refractivity contribution in [3.05, 3.63) is 34.3 Å². The average molecular weight is 286 g/mol. The lowest BCUT2D eigenvalue weighted by Crippen LogP contribution is -2.44. The van der Waals surface area contributed by atoms with E-state index in [1.165, 1.54) is 0 Å². The Balaban J connectivity index is 2.86. The summed E-state index contributed by atoms with van der Waals surface area (Å²) in [6, 6.07) is 8.06. The minimum absolute atomic E-state index is 0.0934. The minimum atomic E-state index is -0.367. The van der Waals surface area contributed by atoms with Gasteiger partial charge in [-0.05, 0) is 37.1 Å². The third-order valence-electron chi connectivity index (χ3n) is 2.68. The number of aliphatic hydroxyl groups excluding tert-OH is 1. The lowest BCUT2D eigenvalue weighted by Gasteiger charge is -2.30. The monoisotopic (exact) mass is 285 g/mol. The maximum Gasteiger partial charge on any atom is 0.0652 e. The van der Waals surface area contributed by atoms with E-state index in [4.69, 9.17) is 0 Å². The molecule has 0 saturated heterocycles. The molecule has 2 N–H and O–H groups in total. The Labute approximate surface area is 106 Å². The van der Waals surface area contributed by atoms with E-state index in [9.17, 15) is 5.11 Å². The fourth-order valence-corrected chi connectivity index (χ4v) is 1.91. The van der Waals surface area contributed by atoms with E-state index in [-0.39, 0.29) is 12.1 Å². The predicted molar refractivity (Wildman–Crippen MR) is 71.4 cm³/mol. The molecule has 90 valence electrons. The number of rotatable bonds is 5. The van der Waals surface area contributed by atoms with Gasteiger partial charge in [-0.1, -0.05) is 41.9 Å². The van der Waals surface area contributed by atoms with Crippen molar-refractivity contribution in [1.29, 1.82) is 0 Å². The van der Waals surface area contributed by atoms with Crippen LogP contribution in [0.3, 0.4) is 0 Å². The first kappa shape index (κ1) is 13.7. The Morgan fingerprint density at radius 1 is 1.44 bits per heavy atom. The lowest BCUT2D eigenvalue weighted by molar-refractivity contribution is 0.171. The van der Waals surface area contributed by atoms with Crippen molar-refractivity contribution in [2.75, 3.05) is 13.2 Å². The molecule has 1 rings (SSSR count). The number of aliphatic hydroxyl groups is 1. The summed E-state index contributed by atoms with van der Waals surface area (Å²) >= 11 is 3.45. The van der Waals surface area contributed by atoms with Crippen LogP contribution < -0.4 is 5.32 Å². The molecule has 0 saturated carbocycles. The molecule has 0 aliphatic rings. The van der Waals surface area contributed by atoms with E-state index in [0.717, 1.165) is 16.6 Å². The molecule has 1 atom stereocenters. The van der Waals surface area contributed by atoms with Crippen LogP contribution in [0.15, 0.2) is 28.7 Å². The van der Waals surface area contributed by atoms with Crippen molar-refractivity contribution in [2.45, 2.75) is 26.3 Å². The van der Waals surface area contributed by atoms with Crippen molar-refractivity contribution in [2.24, 2.45) is 5.92 Å². The van der Waals surface area contributed by atoms with Crippen LogP contribution in [0.25, 0.3) is 0 Å². The second-order valence-corrected chi connectivity index (χ2v) is 5.69. The molecule has 0 aliphatic carbocycles. The third-order valence-corrected chi connectivity index (χ3v) is 3.17. The van der Waals surface area contributed by atoms with E-state index in [0.29, 0.717) is 5.92 Å². The van der Waals surface area contributed by atoms with Gasteiger partial charge in [-0.3, -0.25) is 0 Å². The molecule has 0 spiro atoms. The smallest absolute Gasteiger partial charge is 0.0652 e. The summed E-state index contributed by atoms with van der Waals surface area (Å²) in [5, 5.41) is 13.0. The van der Waals surface area contributed by atoms with Crippen LogP contribution in [-0.4, -0.2) is 18.3 Å². The van der Waals surface area contributed by atoms with E-state index in [1.54, 1.807) is 0 Å². The van der Waals surface area contributed by atoms with Crippen molar-refractivity contribution in [1.82, 2.24) is 5.32 Å². The number of nitrogens with one attached hydrogen (secondary N) is 1. The number of hydrogen-bond acceptors (Lipinski definition) is 2. The molecule has 0 fully saturated rings. The maximum atomic E-state index is 9.56. The van der Waals surface area contributed by atoms with Gasteiger partial charge in [-0.2, -0.15) is 0 Å². The average Bonchev–Trinajstić information content (AvgIpc) is 2.26. The van der Waals surface area contributed by atoms with Crippen molar-refractivity contribution < 1.29 is 5.11 Å². The SMILES string of the molecule is CC(C)CNC(C)(CO)c1cccc(Br)c1. The molecular formula is C13H20BrNO. The first-order valence-electron chi connectivity index (χ1n) is 5.60. The van der Waals surface area contributed by atoms with Crippen molar-refractivity contribution in [3.8, 4) is 0 Å². The van der Waals surface area contributed by atoms with Crippen LogP contribution >= 0.6 is 15.9 Å². The first-order chi connectivity index (χ1) is 7.48. The molecule has 0 aromatic heterocycles. The first-order valence-corrected chi connectivity index (χ1v) is 6.39. The van der Waals surface area contributed by atoms with Gasteiger partial charge in [-0.15, -0.1) is 0 Å². The summed E-state index contributed by atoms with van der Waals surface area (Å²) < 4.78 is 1.04. The molecule has 0 amide bonds. The lowest BCUT2D eigenvalue weighted by atomic mass is 9.92. The molecule has 1 unspecified atom stereocenters. The van der Waals surface area contributed by atoms with Crippen LogP contribution in [0.1, 0.15) is 26.3 Å². The van der Waals surface area contributed by atoms with Gasteiger partial charge in [0.05, 0.1) is 12.1 Å². The standard InChI is InChI=1S/C13H20BrNO/c1-10(2)8-15-13(3,9-16)11-5-4-6-12(14)7-11/h4-7,10,15-16H,8-9H2,1-3H3. The fraction of sp³-hybridized carbons (Fsp3) is 0.538. The highest BCUT2D eigenvalue weighted by molar-refractivity contribution is 9.10. The van der Waals surface area contributed by atoms with Gasteiger partial charge in [0.15, 0.2) is 0 Å². The Bertz CT molecular complexity index is 340. The summed E-state index contributed by atoms with van der Waals surface area (Å²) in [7, 11) is 0. The quantitative estimate of drug-likeness (QED) is 0.872. The molecule has 0 aliphatic heterocycles. The zero-order valence-electron chi connectivity index (χ0n) is 10.1. The summed E-state index contributed by atoms with van der Waals surface area (Å²) in [5.41, 5.74) is 0.735. The van der Waals surface area contributed by atoms with E-state index in [1.807, 2.05) is 31.2 Å². The highest BCUT2D eigenvalue weighted by atomic mass is 79.9. The molecule has 0 heterocycles. The van der Waals surface area contributed by atoms with Crippen LogP contribution in [0.5, 0.6) is 0 Å². The molecule has 0 bridgehead atoms. The molecule has 1 aromatic carbocycles. The normalized spacial score (nSPS) is 15.1. The molecule has 1 aromatic rings. The zero-order chi connectivity index (χ0) is 12.2. The highest BCUT2D eigenvalue weighted by Gasteiger charge is 2.25. The summed E-state index contributed by atoms with van der Waals surface area (Å²) in [6.45, 7) is 7.33. The van der Waals surface area contributed by atoms with E-state index >= 15 is 0 Å². The Morgan fingerprint density at radius 2 is 2.12 bits per heavy atom. The fourth-order valence-electron chi connectivity index (χ4n) is 1.51. The van der Waals surface area contributed by atoms with Crippen molar-refractivity contribution in [3.63, 3.8) is 0 Å². The summed E-state index contributed by atoms with van der Waals surface area (Å²) in [6.07, 6.45) is 0. The van der Waals surface area contributed by atoms with Crippen LogP contribution in [0.2, 0.25) is 0 Å². The Morgan fingerprint density at radius 3 is 2.62 bits per heavy atom. The van der Waals surface area contributed by atoms with E-state index < -0.39 is 0 Å². The van der Waals surface area contributed by atoms with Gasteiger partial charge in [0.2, 0.25) is 0 Å². The molecule has 0 radical (unpaired) electrons. The van der Waals surface area contributed by atoms with Gasteiger partial charge in [0, 0.05) is 4.47 Å². The van der Waals surface area contributed by atoms with Crippen LogP contribution in [-0.2, 0) is 5.54 Å². The number of halogens is 1. The molecule has 16 heavy (non-hydrogen) atoms. The zero-order valence-corrected chi connectivity index (χ0v) is 11.7. The number of hydrogen-bond donors (Lipinski definition) is 2.